The largest absolute Gasteiger partial charge is 0.468 e. The average molecular weight is 215 g/mol. The molecule has 0 amide bonds. The number of nitrogens with zero attached hydrogens (tertiary/aromatic N) is 2. The molecule has 78 valence electrons. The zero-order valence-corrected chi connectivity index (χ0v) is 9.17. The van der Waals surface area contributed by atoms with Gasteiger partial charge in [0.25, 0.3) is 0 Å². The number of rotatable bonds is 3. The third-order valence-electron chi connectivity index (χ3n) is 2.25. The maximum atomic E-state index is 11.3. The molecule has 0 radical (unpaired) electrons. The highest BCUT2D eigenvalue weighted by Gasteiger charge is 2.36. The number of esters is 1. The third-order valence-corrected chi connectivity index (χ3v) is 2.76. The van der Waals surface area contributed by atoms with Crippen LogP contribution in [0.4, 0.5) is 0 Å². The predicted molar refractivity (Wildman–Crippen MR) is 52.9 cm³/mol. The van der Waals surface area contributed by atoms with E-state index in [1.54, 1.807) is 5.38 Å². The molecule has 0 spiro atoms. The minimum Gasteiger partial charge on any atom is -0.468 e. The van der Waals surface area contributed by atoms with Crippen LogP contribution in [0.5, 0.6) is 0 Å². The van der Waals surface area contributed by atoms with Crippen molar-refractivity contribution < 1.29 is 9.53 Å². The molecule has 6 heteroatoms. The number of hydrogen-bond donors (Lipinski definition) is 1. The van der Waals surface area contributed by atoms with Gasteiger partial charge >= 0.3 is 5.97 Å². The van der Waals surface area contributed by atoms with Crippen LogP contribution in [0.2, 0.25) is 0 Å². The van der Waals surface area contributed by atoms with E-state index in [0.29, 0.717) is 5.69 Å². The van der Waals surface area contributed by atoms with Crippen molar-refractivity contribution in [3.8, 4) is 0 Å². The smallest absolute Gasteiger partial charge is 0.323 e. The summed E-state index contributed by atoms with van der Waals surface area (Å²) in [5.74, 6) is -0.442. The summed E-state index contributed by atoms with van der Waals surface area (Å²) in [5, 5.41) is 5.69. The molecule has 0 saturated heterocycles. The number of ether oxygens (including phenoxy) is 1. The Morgan fingerprint density at radius 1 is 1.71 bits per heavy atom. The summed E-state index contributed by atoms with van der Waals surface area (Å²) in [6.45, 7) is 3.68. The van der Waals surface area contributed by atoms with Gasteiger partial charge in [-0.15, -0.1) is 5.10 Å². The van der Waals surface area contributed by atoms with Gasteiger partial charge in [-0.3, -0.25) is 4.79 Å². The van der Waals surface area contributed by atoms with Crippen molar-refractivity contribution in [1.82, 2.24) is 9.59 Å². The first-order chi connectivity index (χ1) is 6.50. The second-order valence-corrected chi connectivity index (χ2v) is 4.12. The number of hydrogen-bond acceptors (Lipinski definition) is 6. The molecule has 2 N–H and O–H groups in total. The molecule has 0 aliphatic carbocycles. The monoisotopic (exact) mass is 215 g/mol. The Labute approximate surface area is 86.4 Å². The van der Waals surface area contributed by atoms with Crippen LogP contribution in [-0.4, -0.2) is 28.7 Å². The summed E-state index contributed by atoms with van der Waals surface area (Å²) in [6.07, 6.45) is 0. The van der Waals surface area contributed by atoms with Crippen LogP contribution in [0.3, 0.4) is 0 Å². The second-order valence-electron chi connectivity index (χ2n) is 3.51. The van der Waals surface area contributed by atoms with E-state index in [4.69, 9.17) is 5.73 Å². The van der Waals surface area contributed by atoms with Gasteiger partial charge in [0.1, 0.15) is 6.04 Å². The molecule has 0 bridgehead atoms. The molecule has 0 aromatic carbocycles. The van der Waals surface area contributed by atoms with Gasteiger partial charge in [0, 0.05) is 10.8 Å². The van der Waals surface area contributed by atoms with Crippen molar-refractivity contribution in [2.24, 2.45) is 5.73 Å². The Kier molecular flexibility index (Phi) is 3.17. The number of methoxy groups -OCH3 is 1. The summed E-state index contributed by atoms with van der Waals surface area (Å²) in [6, 6.07) is -0.726. The van der Waals surface area contributed by atoms with E-state index in [0.717, 1.165) is 0 Å². The molecule has 1 heterocycles. The van der Waals surface area contributed by atoms with Gasteiger partial charge < -0.3 is 10.5 Å². The standard InChI is InChI=1S/C8H13N3O2S/c1-8(2,5-4-14-11-10-5)6(9)7(12)13-3/h4,6H,9H2,1-3H3. The molecule has 0 fully saturated rings. The molecular formula is C8H13N3O2S. The maximum absolute atomic E-state index is 11.3. The van der Waals surface area contributed by atoms with Crippen molar-refractivity contribution in [2.45, 2.75) is 25.3 Å². The molecule has 1 aromatic heterocycles. The van der Waals surface area contributed by atoms with Gasteiger partial charge in [0.05, 0.1) is 12.8 Å². The number of carbonyl (C=O) groups excluding carboxylic acids is 1. The Balaban J connectivity index is 2.90. The van der Waals surface area contributed by atoms with Crippen molar-refractivity contribution in [3.05, 3.63) is 11.1 Å². The Bertz CT molecular complexity index is 310. The van der Waals surface area contributed by atoms with Crippen LogP contribution in [0, 0.1) is 0 Å². The van der Waals surface area contributed by atoms with Gasteiger partial charge in [-0.2, -0.15) is 0 Å². The lowest BCUT2D eigenvalue weighted by atomic mass is 9.82. The van der Waals surface area contributed by atoms with E-state index in [1.807, 2.05) is 13.8 Å². The SMILES string of the molecule is COC(=O)C(N)C(C)(C)c1csnn1. The molecule has 0 aliphatic heterocycles. The van der Waals surface area contributed by atoms with Crippen LogP contribution in [-0.2, 0) is 14.9 Å². The third kappa shape index (κ3) is 1.91. The summed E-state index contributed by atoms with van der Waals surface area (Å²) in [7, 11) is 1.32. The Hall–Kier alpha value is -1.01. The summed E-state index contributed by atoms with van der Waals surface area (Å²) >= 11 is 1.23. The summed E-state index contributed by atoms with van der Waals surface area (Å²) in [4.78, 5) is 11.3. The van der Waals surface area contributed by atoms with Crippen molar-refractivity contribution in [3.63, 3.8) is 0 Å². The molecule has 0 aliphatic rings. The van der Waals surface area contributed by atoms with Crippen molar-refractivity contribution >= 4 is 17.5 Å². The highest BCUT2D eigenvalue weighted by molar-refractivity contribution is 7.03. The molecule has 5 nitrogen and oxygen atoms in total. The Morgan fingerprint density at radius 2 is 2.36 bits per heavy atom. The first-order valence-corrected chi connectivity index (χ1v) is 4.94. The number of aromatic nitrogens is 2. The highest BCUT2D eigenvalue weighted by atomic mass is 32.1. The zero-order valence-electron chi connectivity index (χ0n) is 8.35. The van der Waals surface area contributed by atoms with Crippen LogP contribution in [0.1, 0.15) is 19.5 Å². The van der Waals surface area contributed by atoms with Gasteiger partial charge in [-0.1, -0.05) is 18.3 Å². The Morgan fingerprint density at radius 3 is 2.79 bits per heavy atom. The number of carbonyl (C=O) groups is 1. The average Bonchev–Trinajstić information content (AvgIpc) is 2.68. The lowest BCUT2D eigenvalue weighted by Gasteiger charge is -2.26. The van der Waals surface area contributed by atoms with Gasteiger partial charge in [-0.05, 0) is 11.5 Å². The first-order valence-electron chi connectivity index (χ1n) is 4.11. The second kappa shape index (κ2) is 4.02. The fourth-order valence-electron chi connectivity index (χ4n) is 1.03. The van der Waals surface area contributed by atoms with E-state index in [2.05, 4.69) is 14.3 Å². The van der Waals surface area contributed by atoms with Crippen molar-refractivity contribution in [2.75, 3.05) is 7.11 Å². The lowest BCUT2D eigenvalue weighted by molar-refractivity contribution is -0.143. The molecule has 0 saturated carbocycles. The van der Waals surface area contributed by atoms with E-state index in [1.165, 1.54) is 18.6 Å². The quantitative estimate of drug-likeness (QED) is 0.734. The van der Waals surface area contributed by atoms with Gasteiger partial charge in [-0.25, -0.2) is 0 Å². The maximum Gasteiger partial charge on any atom is 0.323 e. The van der Waals surface area contributed by atoms with Crippen LogP contribution >= 0.6 is 11.5 Å². The summed E-state index contributed by atoms with van der Waals surface area (Å²) < 4.78 is 8.33. The molecule has 1 rings (SSSR count). The van der Waals surface area contributed by atoms with Crippen LogP contribution in [0.25, 0.3) is 0 Å². The molecule has 1 atom stereocenters. The molecule has 14 heavy (non-hydrogen) atoms. The predicted octanol–water partition coefficient (Wildman–Crippen LogP) is 0.316. The van der Waals surface area contributed by atoms with Crippen LogP contribution in [0.15, 0.2) is 5.38 Å². The fraction of sp³-hybridized carbons (Fsp3) is 0.625. The highest BCUT2D eigenvalue weighted by Crippen LogP contribution is 2.25. The van der Waals surface area contributed by atoms with Gasteiger partial charge in [0.15, 0.2) is 0 Å². The lowest BCUT2D eigenvalue weighted by Crippen LogP contribution is -2.47. The zero-order chi connectivity index (χ0) is 10.8. The minimum absolute atomic E-state index is 0.442. The topological polar surface area (TPSA) is 78.1 Å². The minimum atomic E-state index is -0.726. The molecule has 1 unspecified atom stereocenters. The first kappa shape index (κ1) is 11.1. The fourth-order valence-corrected chi connectivity index (χ4v) is 1.66. The normalized spacial score (nSPS) is 13.7. The molecular weight excluding hydrogens is 202 g/mol. The van der Waals surface area contributed by atoms with Gasteiger partial charge in [0.2, 0.25) is 0 Å². The number of nitrogens with two attached hydrogens (primary N) is 1. The molecule has 1 aromatic rings. The summed E-state index contributed by atoms with van der Waals surface area (Å²) in [5.41, 5.74) is 5.91. The van der Waals surface area contributed by atoms with Crippen LogP contribution < -0.4 is 5.73 Å². The van der Waals surface area contributed by atoms with E-state index in [9.17, 15) is 4.79 Å². The van der Waals surface area contributed by atoms with E-state index in [-0.39, 0.29) is 0 Å². The van der Waals surface area contributed by atoms with E-state index >= 15 is 0 Å². The van der Waals surface area contributed by atoms with Crippen molar-refractivity contribution in [1.29, 1.82) is 0 Å². The van der Waals surface area contributed by atoms with E-state index < -0.39 is 17.4 Å².